The largest absolute Gasteiger partial charge is 0.397 e. The van der Waals surface area contributed by atoms with Crippen molar-refractivity contribution in [3.8, 4) is 0 Å². The summed E-state index contributed by atoms with van der Waals surface area (Å²) in [6, 6.07) is 15.9. The normalized spacial score (nSPS) is 10.2. The second-order valence-electron chi connectivity index (χ2n) is 4.17. The number of rotatable bonds is 3. The number of nitrogens with zero attached hydrogens (tertiary/aromatic N) is 1. The maximum atomic E-state index is 6.02. The Morgan fingerprint density at radius 1 is 1.00 bits per heavy atom. The van der Waals surface area contributed by atoms with Crippen LogP contribution in [0.15, 0.2) is 48.5 Å². The molecule has 0 aliphatic rings. The van der Waals surface area contributed by atoms with Crippen LogP contribution in [0.5, 0.6) is 0 Å². The number of hydrazine groups is 1. The third-order valence-corrected chi connectivity index (χ3v) is 2.72. The van der Waals surface area contributed by atoms with Crippen molar-refractivity contribution < 1.29 is 0 Å². The molecule has 0 heterocycles. The van der Waals surface area contributed by atoms with Gasteiger partial charge in [0.1, 0.15) is 0 Å². The van der Waals surface area contributed by atoms with E-state index in [-0.39, 0.29) is 0 Å². The Morgan fingerprint density at radius 2 is 1.65 bits per heavy atom. The molecule has 0 atom stereocenters. The Kier molecular flexibility index (Phi) is 3.30. The molecule has 3 nitrogen and oxygen atoms in total. The monoisotopic (exact) mass is 227 g/mol. The third-order valence-electron chi connectivity index (χ3n) is 2.72. The second kappa shape index (κ2) is 4.89. The lowest BCUT2D eigenvalue weighted by atomic mass is 10.1. The molecule has 0 saturated carbocycles. The number of aryl methyl sites for hydroxylation is 1. The minimum Gasteiger partial charge on any atom is -0.397 e. The average Bonchev–Trinajstić information content (AvgIpc) is 2.32. The van der Waals surface area contributed by atoms with Gasteiger partial charge in [0.25, 0.3) is 0 Å². The molecular weight excluding hydrogens is 210 g/mol. The first-order chi connectivity index (χ1) is 8.16. The van der Waals surface area contributed by atoms with Crippen molar-refractivity contribution in [3.63, 3.8) is 0 Å². The van der Waals surface area contributed by atoms with Gasteiger partial charge in [0, 0.05) is 0 Å². The lowest BCUT2D eigenvalue weighted by Gasteiger charge is -2.20. The van der Waals surface area contributed by atoms with Crippen LogP contribution in [0, 0.1) is 6.92 Å². The Bertz CT molecular complexity index is 491. The summed E-state index contributed by atoms with van der Waals surface area (Å²) in [7, 11) is 0. The molecule has 0 fully saturated rings. The molecular formula is C14H17N3. The van der Waals surface area contributed by atoms with Gasteiger partial charge >= 0.3 is 0 Å². The van der Waals surface area contributed by atoms with Gasteiger partial charge in [0.05, 0.1) is 17.9 Å². The first-order valence-corrected chi connectivity index (χ1v) is 5.59. The Balaban J connectivity index is 2.14. The predicted octanol–water partition coefficient (Wildman–Crippen LogP) is 2.46. The fourth-order valence-corrected chi connectivity index (χ4v) is 1.72. The maximum absolute atomic E-state index is 6.02. The molecule has 0 spiro atoms. The van der Waals surface area contributed by atoms with Gasteiger partial charge in [-0.15, -0.1) is 0 Å². The van der Waals surface area contributed by atoms with Gasteiger partial charge in [0.2, 0.25) is 0 Å². The quantitative estimate of drug-likeness (QED) is 0.481. The molecule has 2 aromatic rings. The van der Waals surface area contributed by atoms with Crippen LogP contribution in [0.1, 0.15) is 11.1 Å². The fraction of sp³-hybridized carbons (Fsp3) is 0.143. The molecule has 17 heavy (non-hydrogen) atoms. The highest BCUT2D eigenvalue weighted by Crippen LogP contribution is 2.21. The standard InChI is InChI=1S/C14H17N3/c1-11-6-8-12(9-7-11)10-17(16)14-5-3-2-4-13(14)15/h2-9H,10,15-16H2,1H3. The fourth-order valence-electron chi connectivity index (χ4n) is 1.72. The van der Waals surface area contributed by atoms with Crippen LogP contribution in [0.2, 0.25) is 0 Å². The highest BCUT2D eigenvalue weighted by atomic mass is 15.4. The summed E-state index contributed by atoms with van der Waals surface area (Å²) in [6.45, 7) is 2.72. The molecule has 88 valence electrons. The van der Waals surface area contributed by atoms with E-state index in [0.29, 0.717) is 12.2 Å². The summed E-state index contributed by atoms with van der Waals surface area (Å²) in [5.74, 6) is 6.02. The molecule has 4 N–H and O–H groups in total. The zero-order valence-electron chi connectivity index (χ0n) is 9.93. The predicted molar refractivity (Wildman–Crippen MR) is 72.4 cm³/mol. The van der Waals surface area contributed by atoms with E-state index >= 15 is 0 Å². The van der Waals surface area contributed by atoms with Crippen LogP contribution < -0.4 is 16.6 Å². The molecule has 0 radical (unpaired) electrons. The summed E-state index contributed by atoms with van der Waals surface area (Å²) in [4.78, 5) is 0. The zero-order valence-corrected chi connectivity index (χ0v) is 9.93. The van der Waals surface area contributed by atoms with Crippen LogP contribution >= 0.6 is 0 Å². The first-order valence-electron chi connectivity index (χ1n) is 5.59. The summed E-state index contributed by atoms with van der Waals surface area (Å²) >= 11 is 0. The Morgan fingerprint density at radius 3 is 2.29 bits per heavy atom. The zero-order chi connectivity index (χ0) is 12.3. The lowest BCUT2D eigenvalue weighted by Crippen LogP contribution is -2.30. The summed E-state index contributed by atoms with van der Waals surface area (Å²) in [5, 5.41) is 1.67. The van der Waals surface area contributed by atoms with Crippen LogP contribution in [-0.2, 0) is 6.54 Å². The minimum absolute atomic E-state index is 0.647. The Labute approximate surface area is 102 Å². The molecule has 0 amide bonds. The highest BCUT2D eigenvalue weighted by molar-refractivity contribution is 5.66. The van der Waals surface area contributed by atoms with E-state index in [0.717, 1.165) is 5.69 Å². The van der Waals surface area contributed by atoms with E-state index in [1.54, 1.807) is 5.01 Å². The molecule has 0 aromatic heterocycles. The third kappa shape index (κ3) is 2.77. The van der Waals surface area contributed by atoms with E-state index in [2.05, 4.69) is 31.2 Å². The van der Waals surface area contributed by atoms with Gasteiger partial charge < -0.3 is 10.7 Å². The molecule has 0 bridgehead atoms. The van der Waals surface area contributed by atoms with Gasteiger partial charge in [-0.05, 0) is 24.6 Å². The second-order valence-corrected chi connectivity index (χ2v) is 4.17. The van der Waals surface area contributed by atoms with Crippen molar-refractivity contribution in [3.05, 3.63) is 59.7 Å². The highest BCUT2D eigenvalue weighted by Gasteiger charge is 2.05. The molecule has 2 rings (SSSR count). The SMILES string of the molecule is Cc1ccc(CN(N)c2ccccc2N)cc1. The number of hydrogen-bond acceptors (Lipinski definition) is 3. The van der Waals surface area contributed by atoms with Crippen LogP contribution in [0.3, 0.4) is 0 Å². The van der Waals surface area contributed by atoms with Gasteiger partial charge in [0.15, 0.2) is 0 Å². The van der Waals surface area contributed by atoms with Crippen LogP contribution in [-0.4, -0.2) is 0 Å². The van der Waals surface area contributed by atoms with Gasteiger partial charge in [-0.2, -0.15) is 0 Å². The smallest absolute Gasteiger partial charge is 0.0750 e. The minimum atomic E-state index is 0.647. The number of anilines is 2. The average molecular weight is 227 g/mol. The molecule has 0 unspecified atom stereocenters. The number of nitrogen functional groups attached to an aromatic ring is 1. The van der Waals surface area contributed by atoms with Crippen molar-refractivity contribution >= 4 is 11.4 Å². The van der Waals surface area contributed by atoms with Gasteiger partial charge in [-0.1, -0.05) is 42.0 Å². The maximum Gasteiger partial charge on any atom is 0.0750 e. The number of hydrogen-bond donors (Lipinski definition) is 2. The topological polar surface area (TPSA) is 55.3 Å². The molecule has 0 saturated heterocycles. The van der Waals surface area contributed by atoms with Gasteiger partial charge in [-0.25, -0.2) is 5.84 Å². The van der Waals surface area contributed by atoms with Crippen molar-refractivity contribution in [1.82, 2.24) is 0 Å². The first kappa shape index (κ1) is 11.5. The Hall–Kier alpha value is -2.00. The van der Waals surface area contributed by atoms with Crippen molar-refractivity contribution in [1.29, 1.82) is 0 Å². The van der Waals surface area contributed by atoms with E-state index in [4.69, 9.17) is 11.6 Å². The number of nitrogens with two attached hydrogens (primary N) is 2. The van der Waals surface area contributed by atoms with Crippen molar-refractivity contribution in [2.45, 2.75) is 13.5 Å². The molecule has 0 aliphatic heterocycles. The summed E-state index contributed by atoms with van der Waals surface area (Å²) < 4.78 is 0. The molecule has 3 heteroatoms. The van der Waals surface area contributed by atoms with Crippen LogP contribution in [0.25, 0.3) is 0 Å². The van der Waals surface area contributed by atoms with Crippen LogP contribution in [0.4, 0.5) is 11.4 Å². The number of para-hydroxylation sites is 2. The van der Waals surface area contributed by atoms with E-state index in [1.165, 1.54) is 11.1 Å². The molecule has 2 aromatic carbocycles. The van der Waals surface area contributed by atoms with E-state index in [9.17, 15) is 0 Å². The van der Waals surface area contributed by atoms with Crippen molar-refractivity contribution in [2.75, 3.05) is 10.7 Å². The molecule has 0 aliphatic carbocycles. The summed E-state index contributed by atoms with van der Waals surface area (Å²) in [5.41, 5.74) is 9.84. The van der Waals surface area contributed by atoms with E-state index in [1.807, 2.05) is 24.3 Å². The lowest BCUT2D eigenvalue weighted by molar-refractivity contribution is 0.854. The van der Waals surface area contributed by atoms with Gasteiger partial charge in [-0.3, -0.25) is 0 Å². The van der Waals surface area contributed by atoms with Crippen molar-refractivity contribution in [2.24, 2.45) is 5.84 Å². The van der Waals surface area contributed by atoms with E-state index < -0.39 is 0 Å². The number of benzene rings is 2. The summed E-state index contributed by atoms with van der Waals surface area (Å²) in [6.07, 6.45) is 0.